The molecule has 0 unspecified atom stereocenters. The molecule has 0 spiro atoms. The van der Waals surface area contributed by atoms with Crippen LogP contribution in [0, 0.1) is 11.8 Å². The van der Waals surface area contributed by atoms with Gasteiger partial charge in [0.2, 0.25) is 0 Å². The minimum absolute atomic E-state index is 0.442. The van der Waals surface area contributed by atoms with Crippen molar-refractivity contribution in [1.29, 1.82) is 0 Å². The predicted molar refractivity (Wildman–Crippen MR) is 77.0 cm³/mol. The monoisotopic (exact) mass is 246 g/mol. The van der Waals surface area contributed by atoms with E-state index in [9.17, 15) is 0 Å². The van der Waals surface area contributed by atoms with Crippen LogP contribution >= 0.6 is 0 Å². The van der Waals surface area contributed by atoms with Crippen molar-refractivity contribution in [3.63, 3.8) is 0 Å². The van der Waals surface area contributed by atoms with Crippen LogP contribution in [0.4, 0.5) is 0 Å². The second kappa shape index (κ2) is 6.26. The molecule has 1 fully saturated rings. The maximum atomic E-state index is 6.06. The highest BCUT2D eigenvalue weighted by Crippen LogP contribution is 2.27. The first-order valence-electron chi connectivity index (χ1n) is 7.39. The van der Waals surface area contributed by atoms with Crippen molar-refractivity contribution in [2.24, 2.45) is 11.8 Å². The smallest absolute Gasteiger partial charge is 0.119 e. The van der Waals surface area contributed by atoms with Crippen molar-refractivity contribution in [2.75, 3.05) is 0 Å². The lowest BCUT2D eigenvalue weighted by Crippen LogP contribution is -2.22. The van der Waals surface area contributed by atoms with Gasteiger partial charge in [0.25, 0.3) is 0 Å². The van der Waals surface area contributed by atoms with E-state index in [1.165, 1.54) is 31.2 Å². The first-order valence-corrected chi connectivity index (χ1v) is 7.39. The third-order valence-electron chi connectivity index (χ3n) is 3.83. The Hall–Kier alpha value is -0.980. The molecule has 0 N–H and O–H groups in total. The molecule has 1 aliphatic rings. The third-order valence-corrected chi connectivity index (χ3v) is 3.83. The number of hydrogen-bond acceptors (Lipinski definition) is 1. The average molecular weight is 246 g/mol. The Kier molecular flexibility index (Phi) is 4.68. The number of benzene rings is 1. The fraction of sp³-hybridized carbons (Fsp3) is 0.647. The molecule has 0 radical (unpaired) electrons. The van der Waals surface area contributed by atoms with Gasteiger partial charge in [-0.05, 0) is 61.6 Å². The molecule has 0 bridgehead atoms. The molecule has 1 aromatic carbocycles. The first kappa shape index (κ1) is 13.5. The van der Waals surface area contributed by atoms with Gasteiger partial charge in [-0.3, -0.25) is 0 Å². The number of hydrogen-bond donors (Lipinski definition) is 0. The van der Waals surface area contributed by atoms with Gasteiger partial charge >= 0.3 is 0 Å². The van der Waals surface area contributed by atoms with Crippen molar-refractivity contribution < 1.29 is 4.74 Å². The lowest BCUT2D eigenvalue weighted by Gasteiger charge is -2.26. The van der Waals surface area contributed by atoms with Gasteiger partial charge in [0.05, 0.1) is 6.10 Å². The van der Waals surface area contributed by atoms with Crippen LogP contribution in [-0.2, 0) is 6.42 Å². The van der Waals surface area contributed by atoms with E-state index in [2.05, 4.69) is 45.0 Å². The first-order chi connectivity index (χ1) is 8.63. The molecule has 100 valence electrons. The average Bonchev–Trinajstić information content (AvgIpc) is 2.34. The predicted octanol–water partition coefficient (Wildman–Crippen LogP) is 4.84. The quantitative estimate of drug-likeness (QED) is 0.738. The second-order valence-electron chi connectivity index (χ2n) is 6.24. The minimum Gasteiger partial charge on any atom is -0.490 e. The lowest BCUT2D eigenvalue weighted by atomic mass is 9.89. The van der Waals surface area contributed by atoms with Crippen LogP contribution in [0.2, 0.25) is 0 Å². The van der Waals surface area contributed by atoms with Crippen molar-refractivity contribution in [1.82, 2.24) is 0 Å². The van der Waals surface area contributed by atoms with E-state index in [1.807, 2.05) is 0 Å². The molecule has 2 rings (SSSR count). The lowest BCUT2D eigenvalue weighted by molar-refractivity contribution is 0.135. The van der Waals surface area contributed by atoms with Gasteiger partial charge in [0, 0.05) is 0 Å². The van der Waals surface area contributed by atoms with E-state index < -0.39 is 0 Å². The highest BCUT2D eigenvalue weighted by atomic mass is 16.5. The zero-order valence-corrected chi connectivity index (χ0v) is 12.0. The van der Waals surface area contributed by atoms with Crippen molar-refractivity contribution in [3.8, 4) is 5.75 Å². The fourth-order valence-electron chi connectivity index (χ4n) is 2.72. The van der Waals surface area contributed by atoms with E-state index in [4.69, 9.17) is 4.74 Å². The van der Waals surface area contributed by atoms with Crippen LogP contribution < -0.4 is 4.74 Å². The van der Waals surface area contributed by atoms with Gasteiger partial charge in [-0.25, -0.2) is 0 Å². The van der Waals surface area contributed by atoms with Crippen LogP contribution in [0.15, 0.2) is 24.3 Å². The van der Waals surface area contributed by atoms with Gasteiger partial charge in [0.1, 0.15) is 5.75 Å². The Labute approximate surface area is 112 Å². The van der Waals surface area contributed by atoms with Crippen LogP contribution in [0.5, 0.6) is 5.75 Å². The number of rotatable bonds is 4. The summed E-state index contributed by atoms with van der Waals surface area (Å²) in [5, 5.41) is 0. The molecule has 1 heteroatoms. The summed E-state index contributed by atoms with van der Waals surface area (Å²) in [6.07, 6.45) is 6.66. The summed E-state index contributed by atoms with van der Waals surface area (Å²) >= 11 is 0. The Balaban J connectivity index is 1.86. The van der Waals surface area contributed by atoms with E-state index in [-0.39, 0.29) is 0 Å². The zero-order valence-electron chi connectivity index (χ0n) is 12.0. The van der Waals surface area contributed by atoms with Crippen LogP contribution in [0.1, 0.15) is 52.0 Å². The maximum Gasteiger partial charge on any atom is 0.119 e. The van der Waals surface area contributed by atoms with Gasteiger partial charge in [-0.1, -0.05) is 32.9 Å². The Bertz CT molecular complexity index is 344. The van der Waals surface area contributed by atoms with Crippen molar-refractivity contribution in [3.05, 3.63) is 29.8 Å². The summed E-state index contributed by atoms with van der Waals surface area (Å²) in [6.45, 7) is 6.86. The summed E-state index contributed by atoms with van der Waals surface area (Å²) in [4.78, 5) is 0. The molecule has 0 atom stereocenters. The molecule has 0 aromatic heterocycles. The summed E-state index contributed by atoms with van der Waals surface area (Å²) < 4.78 is 6.06. The summed E-state index contributed by atoms with van der Waals surface area (Å²) in [5.41, 5.74) is 1.41. The zero-order chi connectivity index (χ0) is 13.0. The molecule has 1 aliphatic carbocycles. The maximum absolute atomic E-state index is 6.06. The summed E-state index contributed by atoms with van der Waals surface area (Å²) in [7, 11) is 0. The van der Waals surface area contributed by atoms with Crippen molar-refractivity contribution >= 4 is 0 Å². The molecule has 0 saturated heterocycles. The molecule has 0 heterocycles. The van der Waals surface area contributed by atoms with E-state index in [1.54, 1.807) is 0 Å². The van der Waals surface area contributed by atoms with Crippen LogP contribution in [0.3, 0.4) is 0 Å². The van der Waals surface area contributed by atoms with E-state index in [0.29, 0.717) is 6.10 Å². The van der Waals surface area contributed by atoms with Gasteiger partial charge in [-0.15, -0.1) is 0 Å². The van der Waals surface area contributed by atoms with Crippen LogP contribution in [-0.4, -0.2) is 6.10 Å². The highest BCUT2D eigenvalue weighted by molar-refractivity contribution is 5.27. The Morgan fingerprint density at radius 2 is 1.67 bits per heavy atom. The molecule has 0 aliphatic heterocycles. The largest absolute Gasteiger partial charge is 0.490 e. The Morgan fingerprint density at radius 3 is 2.22 bits per heavy atom. The molecule has 1 aromatic rings. The molecule has 1 saturated carbocycles. The molecule has 1 nitrogen and oxygen atoms in total. The summed E-state index contributed by atoms with van der Waals surface area (Å²) in [5.74, 6) is 2.65. The van der Waals surface area contributed by atoms with Crippen molar-refractivity contribution in [2.45, 2.75) is 59.0 Å². The highest BCUT2D eigenvalue weighted by Gasteiger charge is 2.19. The van der Waals surface area contributed by atoms with E-state index in [0.717, 1.165) is 24.0 Å². The SMILES string of the molecule is CC(C)Cc1ccc(OC2CCC(C)CC2)cc1. The molecular formula is C17H26O. The van der Waals surface area contributed by atoms with Gasteiger partial charge in [-0.2, -0.15) is 0 Å². The molecule has 0 amide bonds. The van der Waals surface area contributed by atoms with Gasteiger partial charge < -0.3 is 4.74 Å². The standard InChI is InChI=1S/C17H26O/c1-13(2)12-15-6-10-17(11-7-15)18-16-8-4-14(3)5-9-16/h6-7,10-11,13-14,16H,4-5,8-9,12H2,1-3H3. The van der Waals surface area contributed by atoms with Gasteiger partial charge in [0.15, 0.2) is 0 Å². The minimum atomic E-state index is 0.442. The molecule has 18 heavy (non-hydrogen) atoms. The summed E-state index contributed by atoms with van der Waals surface area (Å²) in [6, 6.07) is 8.69. The Morgan fingerprint density at radius 1 is 1.06 bits per heavy atom. The fourth-order valence-corrected chi connectivity index (χ4v) is 2.72. The second-order valence-corrected chi connectivity index (χ2v) is 6.24. The van der Waals surface area contributed by atoms with E-state index >= 15 is 0 Å². The molecular weight excluding hydrogens is 220 g/mol. The normalized spacial score (nSPS) is 24.2. The third kappa shape index (κ3) is 4.04. The number of ether oxygens (including phenoxy) is 1. The topological polar surface area (TPSA) is 9.23 Å². The van der Waals surface area contributed by atoms with Crippen LogP contribution in [0.25, 0.3) is 0 Å².